The summed E-state index contributed by atoms with van der Waals surface area (Å²) >= 11 is 0. The Hall–Kier alpha value is -3.22. The van der Waals surface area contributed by atoms with Gasteiger partial charge in [0, 0.05) is 49.9 Å². The van der Waals surface area contributed by atoms with Crippen LogP contribution in [0.15, 0.2) is 66.9 Å². The molecule has 6 heteroatoms. The second-order valence-corrected chi connectivity index (χ2v) is 7.78. The molecule has 3 aromatic rings. The third kappa shape index (κ3) is 6.39. The van der Waals surface area contributed by atoms with Crippen molar-refractivity contribution in [3.05, 3.63) is 94.8 Å². The lowest BCUT2D eigenvalue weighted by Gasteiger charge is -2.15. The number of benzene rings is 2. The molecule has 0 saturated carbocycles. The van der Waals surface area contributed by atoms with Crippen LogP contribution in [0, 0.1) is 0 Å². The molecule has 1 amide bonds. The van der Waals surface area contributed by atoms with E-state index in [-0.39, 0.29) is 5.91 Å². The number of carbonyl (C=O) groups excluding carboxylic acids is 1. The predicted octanol–water partition coefficient (Wildman–Crippen LogP) is 3.14. The van der Waals surface area contributed by atoms with E-state index in [0.717, 1.165) is 30.1 Å². The zero-order chi connectivity index (χ0) is 22.0. The minimum Gasteiger partial charge on any atom is -0.491 e. The summed E-state index contributed by atoms with van der Waals surface area (Å²) in [6.07, 6.45) is 3.15. The Bertz CT molecular complexity index is 1020. The maximum Gasteiger partial charge on any atom is 0.251 e. The quantitative estimate of drug-likeness (QED) is 0.664. The fourth-order valence-electron chi connectivity index (χ4n) is 3.71. The van der Waals surface area contributed by atoms with E-state index >= 15 is 0 Å². The fourth-order valence-corrected chi connectivity index (χ4v) is 3.71. The van der Waals surface area contributed by atoms with Gasteiger partial charge in [-0.2, -0.15) is 0 Å². The molecule has 2 bridgehead atoms. The van der Waals surface area contributed by atoms with Crippen LogP contribution in [0.25, 0.3) is 0 Å². The lowest BCUT2D eigenvalue weighted by Crippen LogP contribution is -2.26. The third-order valence-electron chi connectivity index (χ3n) is 5.34. The Kier molecular flexibility index (Phi) is 7.84. The molecule has 0 fully saturated rings. The molecular weight excluding hydrogens is 402 g/mol. The van der Waals surface area contributed by atoms with E-state index in [9.17, 15) is 4.79 Å². The van der Waals surface area contributed by atoms with Crippen LogP contribution >= 0.6 is 0 Å². The summed E-state index contributed by atoms with van der Waals surface area (Å²) in [7, 11) is 0. The number of amides is 1. The number of fused-ring (bicyclic) bond motifs is 3. The molecule has 0 unspecified atom stereocenters. The van der Waals surface area contributed by atoms with Crippen molar-refractivity contribution in [1.82, 2.24) is 15.6 Å². The van der Waals surface area contributed by atoms with Crippen LogP contribution in [0.3, 0.4) is 0 Å². The predicted molar refractivity (Wildman–Crippen MR) is 124 cm³/mol. The first-order chi connectivity index (χ1) is 15.8. The monoisotopic (exact) mass is 431 g/mol. The van der Waals surface area contributed by atoms with E-state index in [4.69, 9.17) is 9.47 Å². The first-order valence-corrected chi connectivity index (χ1v) is 11.1. The zero-order valence-electron chi connectivity index (χ0n) is 18.2. The average molecular weight is 432 g/mol. The van der Waals surface area contributed by atoms with Crippen LogP contribution in [-0.4, -0.2) is 43.8 Å². The number of ether oxygens (including phenoxy) is 2. The fraction of sp³-hybridized carbons (Fsp3) is 0.308. The lowest BCUT2D eigenvalue weighted by molar-refractivity contribution is 0.0953. The van der Waals surface area contributed by atoms with Gasteiger partial charge in [-0.15, -0.1) is 0 Å². The lowest BCUT2D eigenvalue weighted by atomic mass is 9.99. The maximum absolute atomic E-state index is 12.8. The molecule has 0 spiro atoms. The van der Waals surface area contributed by atoms with Gasteiger partial charge in [0.25, 0.3) is 5.91 Å². The Morgan fingerprint density at radius 2 is 1.94 bits per heavy atom. The average Bonchev–Trinajstić information content (AvgIpc) is 2.82. The van der Waals surface area contributed by atoms with Gasteiger partial charge in [-0.25, -0.2) is 0 Å². The van der Waals surface area contributed by atoms with E-state index in [1.54, 1.807) is 6.20 Å². The smallest absolute Gasteiger partial charge is 0.251 e. The summed E-state index contributed by atoms with van der Waals surface area (Å²) in [6.45, 7) is 3.80. The number of carbonyl (C=O) groups is 1. The molecule has 0 aliphatic carbocycles. The molecule has 1 aromatic heterocycles. The number of hydrogen-bond acceptors (Lipinski definition) is 5. The van der Waals surface area contributed by atoms with Gasteiger partial charge in [0.1, 0.15) is 12.4 Å². The van der Waals surface area contributed by atoms with Crippen molar-refractivity contribution in [2.45, 2.75) is 19.4 Å². The largest absolute Gasteiger partial charge is 0.491 e. The Labute approximate surface area is 189 Å². The first-order valence-electron chi connectivity index (χ1n) is 11.1. The van der Waals surface area contributed by atoms with Crippen molar-refractivity contribution in [3.63, 3.8) is 0 Å². The second kappa shape index (κ2) is 11.4. The van der Waals surface area contributed by atoms with Crippen LogP contribution < -0.4 is 15.4 Å². The molecule has 2 N–H and O–H groups in total. The van der Waals surface area contributed by atoms with E-state index in [2.05, 4.69) is 39.9 Å². The molecule has 166 valence electrons. The highest BCUT2D eigenvalue weighted by atomic mass is 16.5. The highest BCUT2D eigenvalue weighted by Gasteiger charge is 2.12. The van der Waals surface area contributed by atoms with Gasteiger partial charge in [-0.1, -0.05) is 30.3 Å². The number of nitrogens with one attached hydrogen (secondary N) is 2. The summed E-state index contributed by atoms with van der Waals surface area (Å²) in [4.78, 5) is 17.1. The SMILES string of the molecule is O=C(NCCc1ccccn1)c1ccc2c(c1)Cc1cccc(c1)CNCCOCCO2. The molecule has 1 aliphatic rings. The number of rotatable bonds is 4. The van der Waals surface area contributed by atoms with Gasteiger partial charge in [0.15, 0.2) is 0 Å². The maximum atomic E-state index is 12.8. The Balaban J connectivity index is 1.49. The molecule has 2 heterocycles. The van der Waals surface area contributed by atoms with Gasteiger partial charge in [-0.05, 0) is 47.0 Å². The minimum atomic E-state index is -0.0931. The van der Waals surface area contributed by atoms with Gasteiger partial charge < -0.3 is 20.1 Å². The van der Waals surface area contributed by atoms with Crippen LogP contribution in [0.1, 0.15) is 32.7 Å². The Morgan fingerprint density at radius 1 is 1.00 bits per heavy atom. The summed E-state index contributed by atoms with van der Waals surface area (Å²) in [5.74, 6) is 0.698. The molecule has 0 saturated heterocycles. The molecule has 1 aliphatic heterocycles. The van der Waals surface area contributed by atoms with Gasteiger partial charge in [0.05, 0.1) is 13.2 Å². The van der Waals surface area contributed by atoms with Crippen molar-refractivity contribution in [2.24, 2.45) is 0 Å². The normalized spacial score (nSPS) is 14.5. The molecule has 32 heavy (non-hydrogen) atoms. The van der Waals surface area contributed by atoms with Crippen LogP contribution in [-0.2, 0) is 24.1 Å². The Morgan fingerprint density at radius 3 is 2.84 bits per heavy atom. The molecule has 0 radical (unpaired) electrons. The van der Waals surface area contributed by atoms with Gasteiger partial charge in [0.2, 0.25) is 0 Å². The highest BCUT2D eigenvalue weighted by Crippen LogP contribution is 2.24. The number of pyridine rings is 1. The van der Waals surface area contributed by atoms with Crippen LogP contribution in [0.5, 0.6) is 5.75 Å². The van der Waals surface area contributed by atoms with Crippen molar-refractivity contribution in [2.75, 3.05) is 32.9 Å². The van der Waals surface area contributed by atoms with E-state index in [1.807, 2.05) is 36.4 Å². The van der Waals surface area contributed by atoms with E-state index in [0.29, 0.717) is 44.8 Å². The molecule has 0 atom stereocenters. The molecule has 2 aromatic carbocycles. The van der Waals surface area contributed by atoms with E-state index < -0.39 is 0 Å². The third-order valence-corrected chi connectivity index (χ3v) is 5.34. The van der Waals surface area contributed by atoms with Crippen LogP contribution in [0.4, 0.5) is 0 Å². The van der Waals surface area contributed by atoms with Crippen molar-refractivity contribution in [1.29, 1.82) is 0 Å². The summed E-state index contributed by atoms with van der Waals surface area (Å²) in [5, 5.41) is 6.39. The van der Waals surface area contributed by atoms with E-state index in [1.165, 1.54) is 11.1 Å². The standard InChI is InChI=1S/C26H29N3O3/c30-26(29-11-9-24-6-1-2-10-28-24)22-7-8-25-23(18-22)17-20-4-3-5-21(16-20)19-27-12-13-31-14-15-32-25/h1-8,10,16,18,27H,9,11-15,17,19H2,(H,29,30). The van der Waals surface area contributed by atoms with Crippen LogP contribution in [0.2, 0.25) is 0 Å². The summed E-state index contributed by atoms with van der Waals surface area (Å²) in [5.41, 5.74) is 5.00. The number of aromatic nitrogens is 1. The van der Waals surface area contributed by atoms with Gasteiger partial charge in [-0.3, -0.25) is 9.78 Å². The summed E-state index contributed by atoms with van der Waals surface area (Å²) in [6, 6.07) is 19.9. The molecular formula is C26H29N3O3. The van der Waals surface area contributed by atoms with Crippen molar-refractivity contribution < 1.29 is 14.3 Å². The molecule has 6 nitrogen and oxygen atoms in total. The topological polar surface area (TPSA) is 72.5 Å². The zero-order valence-corrected chi connectivity index (χ0v) is 18.2. The summed E-state index contributed by atoms with van der Waals surface area (Å²) < 4.78 is 11.6. The second-order valence-electron chi connectivity index (χ2n) is 7.78. The van der Waals surface area contributed by atoms with Crippen molar-refractivity contribution >= 4 is 5.91 Å². The number of hydrogen-bond donors (Lipinski definition) is 2. The van der Waals surface area contributed by atoms with Crippen molar-refractivity contribution in [3.8, 4) is 5.75 Å². The number of nitrogens with zero attached hydrogens (tertiary/aromatic N) is 1. The highest BCUT2D eigenvalue weighted by molar-refractivity contribution is 5.94. The first kappa shape index (κ1) is 22.0. The molecule has 4 rings (SSSR count). The minimum absolute atomic E-state index is 0.0931. The van der Waals surface area contributed by atoms with Gasteiger partial charge >= 0.3 is 0 Å².